The first-order chi connectivity index (χ1) is 13.0. The number of esters is 1. The molecule has 27 heavy (non-hydrogen) atoms. The molecule has 0 aliphatic rings. The molecule has 0 radical (unpaired) electrons. The van der Waals surface area contributed by atoms with Crippen LogP contribution in [0.5, 0.6) is 5.75 Å². The van der Waals surface area contributed by atoms with Crippen LogP contribution in [-0.4, -0.2) is 30.0 Å². The molecule has 1 heterocycles. The summed E-state index contributed by atoms with van der Waals surface area (Å²) in [6.45, 7) is 0.201. The zero-order valence-electron chi connectivity index (χ0n) is 15.0. The number of carbonyl (C=O) groups is 1. The Morgan fingerprint density at radius 3 is 2.33 bits per heavy atom. The number of anilines is 1. The first-order valence-electron chi connectivity index (χ1n) is 8.21. The van der Waals surface area contributed by atoms with Crippen LogP contribution >= 0.6 is 0 Å². The van der Waals surface area contributed by atoms with Gasteiger partial charge in [-0.15, -0.1) is 0 Å². The van der Waals surface area contributed by atoms with E-state index in [0.29, 0.717) is 17.1 Å². The lowest BCUT2D eigenvalue weighted by Gasteiger charge is -2.11. The van der Waals surface area contributed by atoms with Gasteiger partial charge in [-0.2, -0.15) is 5.10 Å². The molecule has 0 unspecified atom stereocenters. The monoisotopic (exact) mass is 365 g/mol. The highest BCUT2D eigenvalue weighted by Crippen LogP contribution is 2.21. The predicted octanol–water partition coefficient (Wildman–Crippen LogP) is 2.34. The number of ether oxygens (including phenoxy) is 2. The molecular formula is C20H19N3O4. The van der Waals surface area contributed by atoms with Crippen molar-refractivity contribution in [2.75, 3.05) is 20.0 Å². The van der Waals surface area contributed by atoms with Crippen LogP contribution in [0, 0.1) is 0 Å². The van der Waals surface area contributed by atoms with E-state index in [9.17, 15) is 9.59 Å². The fraction of sp³-hybridized carbons (Fsp3) is 0.150. The number of hydrogen-bond donors (Lipinski definition) is 1. The van der Waals surface area contributed by atoms with Crippen molar-refractivity contribution in [2.24, 2.45) is 0 Å². The van der Waals surface area contributed by atoms with Gasteiger partial charge in [0.1, 0.15) is 11.3 Å². The van der Waals surface area contributed by atoms with E-state index in [1.807, 2.05) is 0 Å². The largest absolute Gasteiger partial charge is 0.497 e. The number of methoxy groups -OCH3 is 2. The molecular weight excluding hydrogens is 346 g/mol. The molecule has 2 N–H and O–H groups in total. The fourth-order valence-electron chi connectivity index (χ4n) is 2.60. The zero-order chi connectivity index (χ0) is 19.4. The van der Waals surface area contributed by atoms with Gasteiger partial charge in [-0.3, -0.25) is 4.79 Å². The number of nitrogen functional groups attached to an aromatic ring is 1. The van der Waals surface area contributed by atoms with Crippen LogP contribution in [0.1, 0.15) is 15.9 Å². The van der Waals surface area contributed by atoms with Gasteiger partial charge in [-0.1, -0.05) is 12.1 Å². The normalized spacial score (nSPS) is 10.4. The molecule has 0 saturated carbocycles. The first kappa shape index (κ1) is 18.2. The molecule has 0 atom stereocenters. The molecule has 0 spiro atoms. The van der Waals surface area contributed by atoms with E-state index in [-0.39, 0.29) is 12.1 Å². The van der Waals surface area contributed by atoms with Crippen molar-refractivity contribution < 1.29 is 14.3 Å². The van der Waals surface area contributed by atoms with Crippen molar-refractivity contribution in [1.82, 2.24) is 9.78 Å². The average Bonchev–Trinajstić information content (AvgIpc) is 2.70. The number of rotatable bonds is 5. The van der Waals surface area contributed by atoms with Crippen molar-refractivity contribution in [1.29, 1.82) is 0 Å². The fourth-order valence-corrected chi connectivity index (χ4v) is 2.60. The molecule has 3 rings (SSSR count). The van der Waals surface area contributed by atoms with Crippen LogP contribution in [0.2, 0.25) is 0 Å². The van der Waals surface area contributed by atoms with Crippen molar-refractivity contribution in [3.8, 4) is 17.0 Å². The molecule has 1 aromatic heterocycles. The highest BCUT2D eigenvalue weighted by molar-refractivity contribution is 5.90. The van der Waals surface area contributed by atoms with Gasteiger partial charge in [0, 0.05) is 11.3 Å². The summed E-state index contributed by atoms with van der Waals surface area (Å²) in [6, 6.07) is 15.7. The maximum absolute atomic E-state index is 12.7. The van der Waals surface area contributed by atoms with Crippen LogP contribution in [0.25, 0.3) is 11.3 Å². The quantitative estimate of drug-likeness (QED) is 0.551. The number of carbonyl (C=O) groups excluding carboxylic acids is 1. The summed E-state index contributed by atoms with van der Waals surface area (Å²) in [6.07, 6.45) is 0. The van der Waals surface area contributed by atoms with Gasteiger partial charge in [0.25, 0.3) is 5.56 Å². The van der Waals surface area contributed by atoms with E-state index < -0.39 is 11.5 Å². The van der Waals surface area contributed by atoms with Crippen molar-refractivity contribution >= 4 is 11.7 Å². The highest BCUT2D eigenvalue weighted by atomic mass is 16.5. The van der Waals surface area contributed by atoms with Crippen LogP contribution in [-0.2, 0) is 11.3 Å². The lowest BCUT2D eigenvalue weighted by Crippen LogP contribution is -2.30. The van der Waals surface area contributed by atoms with E-state index in [1.165, 1.54) is 17.9 Å². The third-order valence-corrected chi connectivity index (χ3v) is 4.08. The van der Waals surface area contributed by atoms with Gasteiger partial charge in [-0.05, 0) is 48.0 Å². The van der Waals surface area contributed by atoms with Crippen LogP contribution in [0.15, 0.2) is 59.4 Å². The molecule has 0 bridgehead atoms. The zero-order valence-corrected chi connectivity index (χ0v) is 15.0. The van der Waals surface area contributed by atoms with Crippen molar-refractivity contribution in [3.63, 3.8) is 0 Å². The van der Waals surface area contributed by atoms with E-state index in [2.05, 4.69) is 5.10 Å². The molecule has 0 aliphatic carbocycles. The van der Waals surface area contributed by atoms with E-state index in [1.54, 1.807) is 55.6 Å². The minimum atomic E-state index is -0.705. The molecule has 2 aromatic carbocycles. The summed E-state index contributed by atoms with van der Waals surface area (Å²) in [5, 5.41) is 4.42. The Kier molecular flexibility index (Phi) is 5.21. The second kappa shape index (κ2) is 7.74. The standard InChI is InChI=1S/C20H19N3O4/c1-26-16-9-5-14(6-10-16)18-11-17(20(25)27-2)19(24)23(22-18)12-13-3-7-15(21)8-4-13/h3-11H,12,21H2,1-2H3. The van der Waals surface area contributed by atoms with Crippen molar-refractivity contribution in [3.05, 3.63) is 76.1 Å². The lowest BCUT2D eigenvalue weighted by atomic mass is 10.1. The summed E-state index contributed by atoms with van der Waals surface area (Å²) in [5.41, 5.74) is 7.79. The van der Waals surface area contributed by atoms with Gasteiger partial charge in [-0.25, -0.2) is 9.48 Å². The summed E-state index contributed by atoms with van der Waals surface area (Å²) >= 11 is 0. The van der Waals surface area contributed by atoms with Gasteiger partial charge in [0.2, 0.25) is 0 Å². The Labute approximate surface area is 156 Å². The average molecular weight is 365 g/mol. The number of hydrogen-bond acceptors (Lipinski definition) is 6. The summed E-state index contributed by atoms with van der Waals surface area (Å²) in [4.78, 5) is 24.7. The van der Waals surface area contributed by atoms with Crippen molar-refractivity contribution in [2.45, 2.75) is 6.54 Å². The Morgan fingerprint density at radius 1 is 1.07 bits per heavy atom. The van der Waals surface area contributed by atoms with Gasteiger partial charge in [0.05, 0.1) is 26.5 Å². The van der Waals surface area contributed by atoms with Crippen LogP contribution < -0.4 is 16.0 Å². The van der Waals surface area contributed by atoms with E-state index in [0.717, 1.165) is 11.1 Å². The molecule has 0 aliphatic heterocycles. The maximum Gasteiger partial charge on any atom is 0.343 e. The Morgan fingerprint density at radius 2 is 1.74 bits per heavy atom. The van der Waals surface area contributed by atoms with E-state index >= 15 is 0 Å². The highest BCUT2D eigenvalue weighted by Gasteiger charge is 2.17. The third-order valence-electron chi connectivity index (χ3n) is 4.08. The molecule has 3 aromatic rings. The number of nitrogens with two attached hydrogens (primary N) is 1. The molecule has 0 fully saturated rings. The number of aromatic nitrogens is 2. The maximum atomic E-state index is 12.7. The van der Waals surface area contributed by atoms with Gasteiger partial charge < -0.3 is 15.2 Å². The Hall–Kier alpha value is -3.61. The molecule has 7 nitrogen and oxygen atoms in total. The summed E-state index contributed by atoms with van der Waals surface area (Å²) < 4.78 is 11.2. The van der Waals surface area contributed by atoms with E-state index in [4.69, 9.17) is 15.2 Å². The minimum Gasteiger partial charge on any atom is -0.497 e. The minimum absolute atomic E-state index is 0.0752. The smallest absolute Gasteiger partial charge is 0.343 e. The lowest BCUT2D eigenvalue weighted by molar-refractivity contribution is 0.0597. The first-order valence-corrected chi connectivity index (χ1v) is 8.21. The molecule has 0 saturated heterocycles. The third kappa shape index (κ3) is 3.98. The van der Waals surface area contributed by atoms with Gasteiger partial charge >= 0.3 is 5.97 Å². The van der Waals surface area contributed by atoms with Gasteiger partial charge in [0.15, 0.2) is 0 Å². The SMILES string of the molecule is COC(=O)c1cc(-c2ccc(OC)cc2)nn(Cc2ccc(N)cc2)c1=O. The number of nitrogens with zero attached hydrogens (tertiary/aromatic N) is 2. The summed E-state index contributed by atoms with van der Waals surface area (Å²) in [5.74, 6) is -0.00893. The molecule has 7 heteroatoms. The number of benzene rings is 2. The summed E-state index contributed by atoms with van der Waals surface area (Å²) in [7, 11) is 2.81. The Balaban J connectivity index is 2.09. The predicted molar refractivity (Wildman–Crippen MR) is 102 cm³/mol. The second-order valence-corrected chi connectivity index (χ2v) is 5.87. The van der Waals surface area contributed by atoms with Crippen LogP contribution in [0.3, 0.4) is 0 Å². The Bertz CT molecular complexity index is 1010. The topological polar surface area (TPSA) is 96.4 Å². The second-order valence-electron chi connectivity index (χ2n) is 5.87. The van der Waals surface area contributed by atoms with Crippen LogP contribution in [0.4, 0.5) is 5.69 Å². The molecule has 0 amide bonds. The molecule has 138 valence electrons.